The summed E-state index contributed by atoms with van der Waals surface area (Å²) < 4.78 is 10.2. The van der Waals surface area contributed by atoms with Crippen molar-refractivity contribution in [1.29, 1.82) is 0 Å². The van der Waals surface area contributed by atoms with E-state index in [0.29, 0.717) is 0 Å². The highest BCUT2D eigenvalue weighted by atomic mass is 16.7. The second-order valence-electron chi connectivity index (χ2n) is 3.78. The number of hydrogen-bond donors (Lipinski definition) is 0. The molecule has 1 radical (unpaired) electrons. The van der Waals surface area contributed by atoms with Gasteiger partial charge in [0.25, 0.3) is 0 Å². The molecule has 0 bridgehead atoms. The number of rotatable bonds is 3. The largest absolute Gasteiger partial charge is 0.508 e. The van der Waals surface area contributed by atoms with Gasteiger partial charge >= 0.3 is 6.16 Å². The van der Waals surface area contributed by atoms with Crippen LogP contribution in [0.4, 0.5) is 4.79 Å². The first-order valence-electron chi connectivity index (χ1n) is 5.39. The highest BCUT2D eigenvalue weighted by Gasteiger charge is 2.19. The molecule has 1 aliphatic carbocycles. The summed E-state index contributed by atoms with van der Waals surface area (Å²) in [5, 5.41) is 0. The van der Waals surface area contributed by atoms with Crippen LogP contribution < -0.4 is 0 Å². The van der Waals surface area contributed by atoms with E-state index in [-0.39, 0.29) is 12.2 Å². The molecule has 1 saturated carbocycles. The molecule has 0 amide bonds. The molecule has 0 aromatic carbocycles. The Hall–Kier alpha value is -0.730. The minimum atomic E-state index is -0.525. The van der Waals surface area contributed by atoms with Crippen LogP contribution in [0.2, 0.25) is 0 Å². The molecule has 0 heterocycles. The normalized spacial score (nSPS) is 20.1. The third-order valence-electron chi connectivity index (χ3n) is 2.57. The zero-order valence-electron chi connectivity index (χ0n) is 8.99. The summed E-state index contributed by atoms with van der Waals surface area (Å²) >= 11 is 0. The molecule has 0 aromatic rings. The van der Waals surface area contributed by atoms with E-state index in [1.54, 1.807) is 0 Å². The second-order valence-corrected chi connectivity index (χ2v) is 3.78. The number of carbonyl (C=O) groups excluding carboxylic acids is 1. The van der Waals surface area contributed by atoms with Crippen molar-refractivity contribution in [2.75, 3.05) is 0 Å². The van der Waals surface area contributed by atoms with Crippen molar-refractivity contribution in [2.24, 2.45) is 0 Å². The SMILES string of the molecule is C[CH][C@@H](C)OC(=O)OC1CCCCC1. The van der Waals surface area contributed by atoms with E-state index in [2.05, 4.69) is 0 Å². The van der Waals surface area contributed by atoms with Gasteiger partial charge in [-0.05, 0) is 39.0 Å². The van der Waals surface area contributed by atoms with Gasteiger partial charge in [-0.1, -0.05) is 13.3 Å². The second kappa shape index (κ2) is 5.89. The molecule has 0 aliphatic heterocycles. The highest BCUT2D eigenvalue weighted by Crippen LogP contribution is 2.20. The quantitative estimate of drug-likeness (QED) is 0.655. The van der Waals surface area contributed by atoms with Crippen LogP contribution in [0.3, 0.4) is 0 Å². The standard InChI is InChI=1S/C11H19O3/c1-3-9(2)13-11(12)14-10-7-5-4-6-8-10/h3,9-10H,4-8H2,1-2H3/t9-/m1/s1. The lowest BCUT2D eigenvalue weighted by molar-refractivity contribution is -0.000658. The van der Waals surface area contributed by atoms with Gasteiger partial charge < -0.3 is 9.47 Å². The Labute approximate surface area is 85.8 Å². The van der Waals surface area contributed by atoms with Gasteiger partial charge in [0.2, 0.25) is 0 Å². The van der Waals surface area contributed by atoms with E-state index in [1.165, 1.54) is 6.42 Å². The molecule has 3 nitrogen and oxygen atoms in total. The fourth-order valence-electron chi connectivity index (χ4n) is 1.57. The van der Waals surface area contributed by atoms with Crippen molar-refractivity contribution in [3.63, 3.8) is 0 Å². The van der Waals surface area contributed by atoms with Gasteiger partial charge in [0.05, 0.1) is 0 Å². The van der Waals surface area contributed by atoms with Gasteiger partial charge in [-0.3, -0.25) is 0 Å². The number of ether oxygens (including phenoxy) is 2. The maximum absolute atomic E-state index is 11.2. The Balaban J connectivity index is 2.18. The zero-order chi connectivity index (χ0) is 10.4. The van der Waals surface area contributed by atoms with Crippen LogP contribution in [0.5, 0.6) is 0 Å². The molecule has 0 unspecified atom stereocenters. The lowest BCUT2D eigenvalue weighted by Crippen LogP contribution is -2.24. The summed E-state index contributed by atoms with van der Waals surface area (Å²) in [7, 11) is 0. The minimum absolute atomic E-state index is 0.0836. The van der Waals surface area contributed by atoms with Gasteiger partial charge in [0.1, 0.15) is 12.2 Å². The predicted molar refractivity (Wildman–Crippen MR) is 53.9 cm³/mol. The summed E-state index contributed by atoms with van der Waals surface area (Å²) in [6.45, 7) is 3.68. The Bertz CT molecular complexity index is 173. The minimum Gasteiger partial charge on any atom is -0.431 e. The first-order chi connectivity index (χ1) is 6.72. The third-order valence-corrected chi connectivity index (χ3v) is 2.57. The lowest BCUT2D eigenvalue weighted by Gasteiger charge is -2.22. The molecular weight excluding hydrogens is 180 g/mol. The molecule has 1 rings (SSSR count). The van der Waals surface area contributed by atoms with Crippen LogP contribution in [0.1, 0.15) is 46.0 Å². The summed E-state index contributed by atoms with van der Waals surface area (Å²) in [5.41, 5.74) is 0. The van der Waals surface area contributed by atoms with E-state index >= 15 is 0 Å². The summed E-state index contributed by atoms with van der Waals surface area (Å²) in [6, 6.07) is 0. The van der Waals surface area contributed by atoms with Crippen molar-refractivity contribution >= 4 is 6.16 Å². The third kappa shape index (κ3) is 3.99. The molecule has 81 valence electrons. The summed E-state index contributed by atoms with van der Waals surface area (Å²) in [6.07, 6.45) is 6.77. The molecule has 1 aliphatic rings. The van der Waals surface area contributed by atoms with E-state index in [9.17, 15) is 4.79 Å². The van der Waals surface area contributed by atoms with E-state index in [4.69, 9.17) is 9.47 Å². The molecule has 3 heteroatoms. The summed E-state index contributed by atoms with van der Waals surface area (Å²) in [5.74, 6) is 0. The van der Waals surface area contributed by atoms with E-state index < -0.39 is 6.16 Å². The van der Waals surface area contributed by atoms with Gasteiger partial charge in [0.15, 0.2) is 0 Å². The fraction of sp³-hybridized carbons (Fsp3) is 0.818. The monoisotopic (exact) mass is 199 g/mol. The maximum Gasteiger partial charge on any atom is 0.508 e. The van der Waals surface area contributed by atoms with Crippen LogP contribution in [0.15, 0.2) is 0 Å². The van der Waals surface area contributed by atoms with Gasteiger partial charge in [-0.2, -0.15) is 0 Å². The van der Waals surface area contributed by atoms with Gasteiger partial charge in [-0.25, -0.2) is 4.79 Å². The van der Waals surface area contributed by atoms with Crippen LogP contribution in [-0.2, 0) is 9.47 Å². The molecule has 14 heavy (non-hydrogen) atoms. The Kier molecular flexibility index (Phi) is 4.77. The molecule has 0 spiro atoms. The van der Waals surface area contributed by atoms with E-state index in [1.807, 2.05) is 20.3 Å². The van der Waals surface area contributed by atoms with Crippen molar-refractivity contribution in [1.82, 2.24) is 0 Å². The Morgan fingerprint density at radius 1 is 1.36 bits per heavy atom. The average Bonchev–Trinajstić information content (AvgIpc) is 2.19. The molecule has 1 fully saturated rings. The average molecular weight is 199 g/mol. The molecule has 0 aromatic heterocycles. The first kappa shape index (κ1) is 11.3. The fourth-order valence-corrected chi connectivity index (χ4v) is 1.57. The molecule has 0 saturated heterocycles. The zero-order valence-corrected chi connectivity index (χ0v) is 8.99. The van der Waals surface area contributed by atoms with Crippen molar-refractivity contribution < 1.29 is 14.3 Å². The highest BCUT2D eigenvalue weighted by molar-refractivity contribution is 5.60. The maximum atomic E-state index is 11.2. The lowest BCUT2D eigenvalue weighted by atomic mass is 9.98. The topological polar surface area (TPSA) is 35.5 Å². The number of hydrogen-bond acceptors (Lipinski definition) is 3. The van der Waals surface area contributed by atoms with Crippen LogP contribution in [-0.4, -0.2) is 18.4 Å². The van der Waals surface area contributed by atoms with Crippen molar-refractivity contribution in [3.8, 4) is 0 Å². The van der Waals surface area contributed by atoms with Crippen LogP contribution in [0, 0.1) is 6.42 Å². The Morgan fingerprint density at radius 3 is 2.57 bits per heavy atom. The number of carbonyl (C=O) groups is 1. The first-order valence-corrected chi connectivity index (χ1v) is 5.39. The van der Waals surface area contributed by atoms with Gasteiger partial charge in [-0.15, -0.1) is 0 Å². The van der Waals surface area contributed by atoms with Crippen molar-refractivity contribution in [3.05, 3.63) is 6.42 Å². The van der Waals surface area contributed by atoms with Crippen LogP contribution in [0.25, 0.3) is 0 Å². The van der Waals surface area contributed by atoms with Crippen molar-refractivity contribution in [2.45, 2.75) is 58.2 Å². The summed E-state index contributed by atoms with van der Waals surface area (Å²) in [4.78, 5) is 11.2. The molecule has 1 atom stereocenters. The molecular formula is C11H19O3. The van der Waals surface area contributed by atoms with Gasteiger partial charge in [0, 0.05) is 0 Å². The Morgan fingerprint density at radius 2 is 2.00 bits per heavy atom. The predicted octanol–water partition coefficient (Wildman–Crippen LogP) is 3.08. The smallest absolute Gasteiger partial charge is 0.431 e. The van der Waals surface area contributed by atoms with E-state index in [0.717, 1.165) is 25.7 Å². The molecule has 0 N–H and O–H groups in total. The van der Waals surface area contributed by atoms with Crippen LogP contribution >= 0.6 is 0 Å².